The predicted octanol–water partition coefficient (Wildman–Crippen LogP) is 3.36. The van der Waals surface area contributed by atoms with Gasteiger partial charge in [0.2, 0.25) is 0 Å². The molecule has 1 aromatic rings. The molecule has 0 atom stereocenters. The number of nitriles is 1. The largest absolute Gasteiger partial charge is 0.295 e. The standard InChI is InChI=1S/C13H14ClFN2/c14-12-5-2-10(8-13(12)15)9-17(7-1-6-16)11-3-4-11/h2,5,8,11H,1,3-4,7,9H2. The van der Waals surface area contributed by atoms with Gasteiger partial charge in [0.15, 0.2) is 0 Å². The number of hydrogen-bond donors (Lipinski definition) is 0. The van der Waals surface area contributed by atoms with Crippen LogP contribution in [0.1, 0.15) is 24.8 Å². The van der Waals surface area contributed by atoms with Crippen molar-refractivity contribution in [2.45, 2.75) is 31.8 Å². The minimum atomic E-state index is -0.375. The first-order chi connectivity index (χ1) is 8.20. The van der Waals surface area contributed by atoms with Crippen LogP contribution in [0.3, 0.4) is 0 Å². The zero-order valence-electron chi connectivity index (χ0n) is 9.50. The Morgan fingerprint density at radius 1 is 1.47 bits per heavy atom. The molecule has 0 aliphatic heterocycles. The fourth-order valence-corrected chi connectivity index (χ4v) is 2.01. The molecule has 0 N–H and O–H groups in total. The predicted molar refractivity (Wildman–Crippen MR) is 65.1 cm³/mol. The minimum Gasteiger partial charge on any atom is -0.295 e. The molecule has 1 saturated carbocycles. The topological polar surface area (TPSA) is 27.0 Å². The van der Waals surface area contributed by atoms with Crippen LogP contribution in [0.15, 0.2) is 18.2 Å². The number of rotatable bonds is 5. The second-order valence-electron chi connectivity index (χ2n) is 4.36. The molecule has 1 aliphatic rings. The molecule has 2 rings (SSSR count). The van der Waals surface area contributed by atoms with Crippen LogP contribution < -0.4 is 0 Å². The lowest BCUT2D eigenvalue weighted by molar-refractivity contribution is 0.260. The van der Waals surface area contributed by atoms with E-state index in [1.807, 2.05) is 6.07 Å². The fourth-order valence-electron chi connectivity index (χ4n) is 1.90. The molecular weight excluding hydrogens is 239 g/mol. The van der Waals surface area contributed by atoms with Crippen LogP contribution in [0.25, 0.3) is 0 Å². The molecule has 0 unspecified atom stereocenters. The van der Waals surface area contributed by atoms with E-state index in [-0.39, 0.29) is 10.8 Å². The molecule has 0 amide bonds. The van der Waals surface area contributed by atoms with Gasteiger partial charge in [0.25, 0.3) is 0 Å². The highest BCUT2D eigenvalue weighted by Crippen LogP contribution is 2.28. The second-order valence-corrected chi connectivity index (χ2v) is 4.77. The van der Waals surface area contributed by atoms with Crippen LogP contribution in [0.4, 0.5) is 4.39 Å². The van der Waals surface area contributed by atoms with E-state index in [4.69, 9.17) is 16.9 Å². The summed E-state index contributed by atoms with van der Waals surface area (Å²) in [7, 11) is 0. The third kappa shape index (κ3) is 3.42. The first kappa shape index (κ1) is 12.3. The van der Waals surface area contributed by atoms with E-state index in [0.717, 1.165) is 12.1 Å². The maximum atomic E-state index is 13.3. The van der Waals surface area contributed by atoms with Gasteiger partial charge in [-0.15, -0.1) is 0 Å². The minimum absolute atomic E-state index is 0.156. The van der Waals surface area contributed by atoms with Crippen LogP contribution in [0.2, 0.25) is 5.02 Å². The van der Waals surface area contributed by atoms with Gasteiger partial charge in [-0.2, -0.15) is 5.26 Å². The molecule has 0 radical (unpaired) electrons. The summed E-state index contributed by atoms with van der Waals surface area (Å²) in [5.41, 5.74) is 0.914. The molecule has 0 saturated heterocycles. The second kappa shape index (κ2) is 5.48. The summed E-state index contributed by atoms with van der Waals surface area (Å²) in [6.45, 7) is 1.45. The Morgan fingerprint density at radius 3 is 2.82 bits per heavy atom. The Morgan fingerprint density at radius 2 is 2.24 bits per heavy atom. The Kier molecular flexibility index (Phi) is 3.98. The summed E-state index contributed by atoms with van der Waals surface area (Å²) in [6.07, 6.45) is 2.88. The zero-order valence-corrected chi connectivity index (χ0v) is 10.3. The highest BCUT2D eigenvalue weighted by molar-refractivity contribution is 6.30. The van der Waals surface area contributed by atoms with Gasteiger partial charge in [-0.25, -0.2) is 4.39 Å². The number of nitrogens with zero attached hydrogens (tertiary/aromatic N) is 2. The molecule has 0 bridgehead atoms. The molecule has 0 spiro atoms. The van der Waals surface area contributed by atoms with Gasteiger partial charge >= 0.3 is 0 Å². The summed E-state index contributed by atoms with van der Waals surface area (Å²) in [5, 5.41) is 8.77. The van der Waals surface area contributed by atoms with Crippen LogP contribution >= 0.6 is 11.6 Å². The Bertz CT molecular complexity index is 438. The SMILES string of the molecule is N#CCCN(Cc1ccc(Cl)c(F)c1)C1CC1. The van der Waals surface area contributed by atoms with Crippen molar-refractivity contribution in [3.8, 4) is 6.07 Å². The third-order valence-corrected chi connectivity index (χ3v) is 3.25. The summed E-state index contributed by atoms with van der Waals surface area (Å²) >= 11 is 5.64. The van der Waals surface area contributed by atoms with Gasteiger partial charge in [0, 0.05) is 25.6 Å². The lowest BCUT2D eigenvalue weighted by Crippen LogP contribution is -2.26. The van der Waals surface area contributed by atoms with Crippen LogP contribution in [0.5, 0.6) is 0 Å². The molecule has 1 aromatic carbocycles. The normalized spacial score (nSPS) is 14.9. The van der Waals surface area contributed by atoms with Crippen molar-refractivity contribution in [2.75, 3.05) is 6.54 Å². The monoisotopic (exact) mass is 252 g/mol. The molecule has 0 heterocycles. The number of benzene rings is 1. The average molecular weight is 253 g/mol. The summed E-state index contributed by atoms with van der Waals surface area (Å²) < 4.78 is 13.3. The van der Waals surface area contributed by atoms with Gasteiger partial charge in [0.05, 0.1) is 11.1 Å². The zero-order chi connectivity index (χ0) is 12.3. The Hall–Kier alpha value is -1.11. The van der Waals surface area contributed by atoms with Crippen molar-refractivity contribution in [3.63, 3.8) is 0 Å². The molecule has 2 nitrogen and oxygen atoms in total. The summed E-state index contributed by atoms with van der Waals surface area (Å²) in [5.74, 6) is -0.375. The van der Waals surface area contributed by atoms with Gasteiger partial charge in [-0.05, 0) is 30.5 Å². The molecule has 4 heteroatoms. The highest BCUT2D eigenvalue weighted by atomic mass is 35.5. The quantitative estimate of drug-likeness (QED) is 0.804. The maximum Gasteiger partial charge on any atom is 0.142 e. The first-order valence-electron chi connectivity index (χ1n) is 5.75. The van der Waals surface area contributed by atoms with Gasteiger partial charge < -0.3 is 0 Å². The average Bonchev–Trinajstić information content (AvgIpc) is 3.13. The molecule has 17 heavy (non-hydrogen) atoms. The van der Waals surface area contributed by atoms with E-state index in [9.17, 15) is 4.39 Å². The van der Waals surface area contributed by atoms with E-state index in [1.165, 1.54) is 18.9 Å². The van der Waals surface area contributed by atoms with E-state index < -0.39 is 0 Å². The Labute approximate surface area is 106 Å². The van der Waals surface area contributed by atoms with Crippen molar-refractivity contribution >= 4 is 11.6 Å². The van der Waals surface area contributed by atoms with Gasteiger partial charge in [-0.1, -0.05) is 17.7 Å². The summed E-state index contributed by atoms with van der Waals surface area (Å²) in [6, 6.07) is 7.62. The van der Waals surface area contributed by atoms with E-state index in [2.05, 4.69) is 11.0 Å². The van der Waals surface area contributed by atoms with Crippen molar-refractivity contribution < 1.29 is 4.39 Å². The lowest BCUT2D eigenvalue weighted by atomic mass is 10.2. The van der Waals surface area contributed by atoms with Gasteiger partial charge in [-0.3, -0.25) is 4.90 Å². The van der Waals surface area contributed by atoms with E-state index in [0.29, 0.717) is 19.0 Å². The van der Waals surface area contributed by atoms with Crippen molar-refractivity contribution in [1.82, 2.24) is 4.90 Å². The van der Waals surface area contributed by atoms with E-state index in [1.54, 1.807) is 6.07 Å². The molecule has 0 aromatic heterocycles. The van der Waals surface area contributed by atoms with Crippen molar-refractivity contribution in [3.05, 3.63) is 34.6 Å². The third-order valence-electron chi connectivity index (χ3n) is 2.94. The molecule has 1 aliphatic carbocycles. The molecule has 90 valence electrons. The first-order valence-corrected chi connectivity index (χ1v) is 6.13. The number of hydrogen-bond acceptors (Lipinski definition) is 2. The Balaban J connectivity index is 2.01. The summed E-state index contributed by atoms with van der Waals surface area (Å²) in [4.78, 5) is 2.24. The van der Waals surface area contributed by atoms with Crippen molar-refractivity contribution in [2.24, 2.45) is 0 Å². The van der Waals surface area contributed by atoms with Crippen LogP contribution in [-0.2, 0) is 6.54 Å². The van der Waals surface area contributed by atoms with Gasteiger partial charge in [0.1, 0.15) is 5.82 Å². The molecular formula is C13H14ClFN2. The fraction of sp³-hybridized carbons (Fsp3) is 0.462. The molecule has 1 fully saturated rings. The highest BCUT2D eigenvalue weighted by Gasteiger charge is 2.28. The van der Waals surface area contributed by atoms with E-state index >= 15 is 0 Å². The van der Waals surface area contributed by atoms with Crippen LogP contribution in [0, 0.1) is 17.1 Å². The smallest absolute Gasteiger partial charge is 0.142 e. The van der Waals surface area contributed by atoms with Crippen molar-refractivity contribution in [1.29, 1.82) is 5.26 Å². The lowest BCUT2D eigenvalue weighted by Gasteiger charge is -2.20. The van der Waals surface area contributed by atoms with Crippen LogP contribution in [-0.4, -0.2) is 17.5 Å². The number of halogens is 2. The maximum absolute atomic E-state index is 13.3.